The summed E-state index contributed by atoms with van der Waals surface area (Å²) in [6, 6.07) is 9.93. The maximum atomic E-state index is 12.6. The topological polar surface area (TPSA) is 94.5 Å². The van der Waals surface area contributed by atoms with Crippen molar-refractivity contribution in [3.05, 3.63) is 87.2 Å². The first-order chi connectivity index (χ1) is 16.0. The van der Waals surface area contributed by atoms with Crippen molar-refractivity contribution in [1.29, 1.82) is 0 Å². The van der Waals surface area contributed by atoms with E-state index in [1.54, 1.807) is 19.2 Å². The van der Waals surface area contributed by atoms with E-state index in [2.05, 4.69) is 11.9 Å². The molecule has 0 spiro atoms. The Morgan fingerprint density at radius 2 is 1.76 bits per heavy atom. The van der Waals surface area contributed by atoms with Gasteiger partial charge in [-0.15, -0.1) is 0 Å². The van der Waals surface area contributed by atoms with Crippen molar-refractivity contribution < 1.29 is 17.9 Å². The van der Waals surface area contributed by atoms with Gasteiger partial charge in [-0.05, 0) is 63.1 Å². The van der Waals surface area contributed by atoms with Crippen molar-refractivity contribution in [2.45, 2.75) is 32.6 Å². The van der Waals surface area contributed by atoms with Gasteiger partial charge in [-0.25, -0.2) is 8.42 Å². The number of nitrogens with one attached hydrogen (secondary N) is 1. The molecular formula is C26H28N2O5S. The second-order valence-electron chi connectivity index (χ2n) is 8.12. The van der Waals surface area contributed by atoms with E-state index >= 15 is 0 Å². The van der Waals surface area contributed by atoms with Crippen LogP contribution in [-0.4, -0.2) is 25.4 Å². The van der Waals surface area contributed by atoms with Gasteiger partial charge in [0.25, 0.3) is 11.5 Å². The molecule has 1 aromatic heterocycles. The summed E-state index contributed by atoms with van der Waals surface area (Å²) in [6.07, 6.45) is 1.55. The highest BCUT2D eigenvalue weighted by atomic mass is 32.2. The van der Waals surface area contributed by atoms with Crippen LogP contribution in [0.2, 0.25) is 0 Å². The number of rotatable bonds is 7. The Hall–Kier alpha value is -3.65. The van der Waals surface area contributed by atoms with E-state index < -0.39 is 21.3 Å². The molecule has 0 aliphatic carbocycles. The van der Waals surface area contributed by atoms with Crippen LogP contribution >= 0.6 is 0 Å². The molecule has 0 fully saturated rings. The number of carbonyl (C=O) groups excluding carboxylic acids is 1. The number of aromatic nitrogens is 1. The molecule has 178 valence electrons. The minimum Gasteiger partial charge on any atom is -0.456 e. The summed E-state index contributed by atoms with van der Waals surface area (Å²) in [7, 11) is -2.20. The zero-order chi connectivity index (χ0) is 25.2. The summed E-state index contributed by atoms with van der Waals surface area (Å²) in [5.74, 6) is 0.533. The molecule has 8 heteroatoms. The lowest BCUT2D eigenvalue weighted by Gasteiger charge is -2.17. The van der Waals surface area contributed by atoms with E-state index in [4.69, 9.17) is 4.74 Å². The van der Waals surface area contributed by atoms with Crippen molar-refractivity contribution in [2.24, 2.45) is 7.05 Å². The molecule has 0 bridgehead atoms. The van der Waals surface area contributed by atoms with Gasteiger partial charge in [0.05, 0.1) is 4.90 Å². The van der Waals surface area contributed by atoms with Gasteiger partial charge < -0.3 is 14.6 Å². The number of nitrogens with zero attached hydrogens (tertiary/aromatic N) is 1. The number of aryl methyl sites for hydroxylation is 4. The van der Waals surface area contributed by atoms with Crippen LogP contribution in [0.5, 0.6) is 11.5 Å². The van der Waals surface area contributed by atoms with Crippen molar-refractivity contribution in [3.63, 3.8) is 0 Å². The summed E-state index contributed by atoms with van der Waals surface area (Å²) in [5.41, 5.74) is 3.32. The fourth-order valence-electron chi connectivity index (χ4n) is 3.81. The Balaban J connectivity index is 2.28. The first kappa shape index (κ1) is 25.0. The van der Waals surface area contributed by atoms with Crippen LogP contribution in [0.15, 0.2) is 64.3 Å². The Morgan fingerprint density at radius 1 is 1.12 bits per heavy atom. The van der Waals surface area contributed by atoms with Crippen LogP contribution in [0.4, 0.5) is 0 Å². The lowest BCUT2D eigenvalue weighted by Crippen LogP contribution is -2.32. The monoisotopic (exact) mass is 480 g/mol. The summed E-state index contributed by atoms with van der Waals surface area (Å²) in [5, 5.41) is 3.51. The zero-order valence-electron chi connectivity index (χ0n) is 19.9. The highest BCUT2D eigenvalue weighted by molar-refractivity contribution is 7.94. The normalized spacial score (nSPS) is 11.2. The Kier molecular flexibility index (Phi) is 7.12. The molecular weight excluding hydrogens is 452 g/mol. The number of ether oxygens (including phenoxy) is 1. The number of sulfone groups is 1. The molecule has 0 aliphatic heterocycles. The van der Waals surface area contributed by atoms with Crippen molar-refractivity contribution in [1.82, 2.24) is 9.88 Å². The number of amides is 1. The van der Waals surface area contributed by atoms with Gasteiger partial charge in [-0.2, -0.15) is 0 Å². The van der Waals surface area contributed by atoms with Crippen molar-refractivity contribution in [2.75, 3.05) is 6.54 Å². The first-order valence-electron chi connectivity index (χ1n) is 10.7. The van der Waals surface area contributed by atoms with Gasteiger partial charge in [-0.3, -0.25) is 9.59 Å². The van der Waals surface area contributed by atoms with E-state index in [1.807, 2.05) is 32.9 Å². The highest BCUT2D eigenvalue weighted by Gasteiger charge is 2.20. The maximum absolute atomic E-state index is 12.6. The van der Waals surface area contributed by atoms with Gasteiger partial charge in [0.1, 0.15) is 17.1 Å². The summed E-state index contributed by atoms with van der Waals surface area (Å²) in [6.45, 7) is 11.4. The number of carbonyl (C=O) groups is 1. The summed E-state index contributed by atoms with van der Waals surface area (Å²) >= 11 is 0. The summed E-state index contributed by atoms with van der Waals surface area (Å²) in [4.78, 5) is 25.1. The van der Waals surface area contributed by atoms with Crippen LogP contribution in [0.3, 0.4) is 0 Å². The fraction of sp³-hybridized carbons (Fsp3) is 0.231. The van der Waals surface area contributed by atoms with Crippen molar-refractivity contribution in [3.8, 4) is 22.6 Å². The van der Waals surface area contributed by atoms with Gasteiger partial charge in [0, 0.05) is 36.3 Å². The van der Waals surface area contributed by atoms with Crippen molar-refractivity contribution >= 4 is 15.7 Å². The molecule has 1 amide bonds. The average molecular weight is 481 g/mol. The lowest BCUT2D eigenvalue weighted by atomic mass is 10.0. The summed E-state index contributed by atoms with van der Waals surface area (Å²) < 4.78 is 32.6. The fourth-order valence-corrected chi connectivity index (χ4v) is 4.54. The van der Waals surface area contributed by atoms with Crippen LogP contribution in [0.25, 0.3) is 11.1 Å². The molecule has 3 aromatic rings. The van der Waals surface area contributed by atoms with E-state index in [-0.39, 0.29) is 10.5 Å². The minimum absolute atomic E-state index is 0.0237. The largest absolute Gasteiger partial charge is 0.456 e. The van der Waals surface area contributed by atoms with E-state index in [9.17, 15) is 18.0 Å². The molecule has 7 nitrogen and oxygen atoms in total. The predicted octanol–water partition coefficient (Wildman–Crippen LogP) is 4.44. The maximum Gasteiger partial charge on any atom is 0.263 e. The molecule has 1 N–H and O–H groups in total. The lowest BCUT2D eigenvalue weighted by molar-refractivity contribution is 0.0954. The number of benzene rings is 2. The molecule has 0 unspecified atom stereocenters. The minimum atomic E-state index is -3.73. The molecule has 0 radical (unpaired) electrons. The van der Waals surface area contributed by atoms with Crippen LogP contribution < -0.4 is 15.6 Å². The van der Waals surface area contributed by atoms with Gasteiger partial charge in [-0.1, -0.05) is 24.3 Å². The van der Waals surface area contributed by atoms with Crippen LogP contribution in [0, 0.1) is 20.8 Å². The zero-order valence-corrected chi connectivity index (χ0v) is 20.7. The average Bonchev–Trinajstić information content (AvgIpc) is 2.78. The highest BCUT2D eigenvalue weighted by Crippen LogP contribution is 2.38. The number of hydrogen-bond acceptors (Lipinski definition) is 5. The van der Waals surface area contributed by atoms with Gasteiger partial charge in [0.2, 0.25) is 0 Å². The second kappa shape index (κ2) is 9.69. The van der Waals surface area contributed by atoms with E-state index in [0.29, 0.717) is 29.2 Å². The standard InChI is InChI=1S/C26H28N2O5S/c1-7-27-25(29)22-13-19(15-28(6)26(22)30)21-14-20(34(31,32)8-2)9-10-23(21)33-24-17(4)11-16(3)12-18(24)5/h8-15H,2,7H2,1,3-6H3,(H,27,29). The van der Waals surface area contributed by atoms with Crippen LogP contribution in [0.1, 0.15) is 34.0 Å². The predicted molar refractivity (Wildman–Crippen MR) is 133 cm³/mol. The van der Waals surface area contributed by atoms with E-state index in [0.717, 1.165) is 22.1 Å². The number of pyridine rings is 1. The molecule has 34 heavy (non-hydrogen) atoms. The first-order valence-corrected chi connectivity index (χ1v) is 12.3. The smallest absolute Gasteiger partial charge is 0.263 e. The third kappa shape index (κ3) is 4.97. The molecule has 3 rings (SSSR count). The third-order valence-corrected chi connectivity index (χ3v) is 6.74. The van der Waals surface area contributed by atoms with Crippen LogP contribution in [-0.2, 0) is 16.9 Å². The number of hydrogen-bond donors (Lipinski definition) is 1. The molecule has 0 atom stereocenters. The molecule has 1 heterocycles. The molecule has 0 saturated carbocycles. The molecule has 2 aromatic carbocycles. The van der Waals surface area contributed by atoms with Gasteiger partial charge in [0.15, 0.2) is 9.84 Å². The molecule has 0 saturated heterocycles. The Labute approximate surface area is 199 Å². The van der Waals surface area contributed by atoms with Gasteiger partial charge >= 0.3 is 0 Å². The van der Waals surface area contributed by atoms with E-state index in [1.165, 1.54) is 29.8 Å². The quantitative estimate of drug-likeness (QED) is 0.540. The SMILES string of the molecule is C=CS(=O)(=O)c1ccc(Oc2c(C)cc(C)cc2C)c(-c2cc(C(=O)NCC)c(=O)n(C)c2)c1. The second-order valence-corrected chi connectivity index (χ2v) is 10.0. The third-order valence-electron chi connectivity index (χ3n) is 5.39. The Morgan fingerprint density at radius 3 is 2.35 bits per heavy atom. The molecule has 0 aliphatic rings. The Bertz CT molecular complexity index is 1430.